The van der Waals surface area contributed by atoms with Crippen LogP contribution in [0.25, 0.3) is 0 Å². The highest BCUT2D eigenvalue weighted by molar-refractivity contribution is 4.99. The summed E-state index contributed by atoms with van der Waals surface area (Å²) in [5, 5.41) is 0. The molecule has 9 heavy (non-hydrogen) atoms. The predicted molar refractivity (Wildman–Crippen MR) is 38.5 cm³/mol. The summed E-state index contributed by atoms with van der Waals surface area (Å²) in [7, 11) is 0. The Morgan fingerprint density at radius 1 is 1.78 bits per heavy atom. The van der Waals surface area contributed by atoms with Gasteiger partial charge in [0.2, 0.25) is 0 Å². The summed E-state index contributed by atoms with van der Waals surface area (Å²) in [5.41, 5.74) is 0. The summed E-state index contributed by atoms with van der Waals surface area (Å²) in [6.07, 6.45) is 12.0. The summed E-state index contributed by atoms with van der Waals surface area (Å²) in [6, 6.07) is 0. The van der Waals surface area contributed by atoms with Crippen molar-refractivity contribution in [1.29, 1.82) is 0 Å². The summed E-state index contributed by atoms with van der Waals surface area (Å²) in [6.45, 7) is 4.51. The molecule has 1 heteroatoms. The maximum Gasteiger partial charge on any atom is 0.0397 e. The largest absolute Gasteiger partial charge is 0.351 e. The molecule has 1 aliphatic heterocycles. The van der Waals surface area contributed by atoms with Crippen LogP contribution < -0.4 is 0 Å². The molecular formula is C8H10N. The Hall–Kier alpha value is -0.980. The van der Waals surface area contributed by atoms with E-state index in [1.165, 1.54) is 0 Å². The van der Waals surface area contributed by atoms with Crippen molar-refractivity contribution in [2.75, 3.05) is 6.54 Å². The van der Waals surface area contributed by atoms with E-state index in [2.05, 4.69) is 18.7 Å². The molecule has 0 fully saturated rings. The minimum atomic E-state index is 0.878. The van der Waals surface area contributed by atoms with E-state index in [1.807, 2.05) is 23.4 Å². The van der Waals surface area contributed by atoms with Crippen LogP contribution in [-0.4, -0.2) is 11.4 Å². The van der Waals surface area contributed by atoms with Gasteiger partial charge >= 0.3 is 0 Å². The van der Waals surface area contributed by atoms with Crippen LogP contribution in [-0.2, 0) is 0 Å². The Labute approximate surface area is 56.0 Å². The maximum atomic E-state index is 3.63. The third-order valence-corrected chi connectivity index (χ3v) is 1.13. The molecule has 0 atom stereocenters. The molecule has 0 aromatic rings. The molecule has 0 aromatic heterocycles. The van der Waals surface area contributed by atoms with Gasteiger partial charge in [0.25, 0.3) is 0 Å². The van der Waals surface area contributed by atoms with Crippen molar-refractivity contribution in [2.45, 2.75) is 6.42 Å². The molecule has 0 unspecified atom stereocenters. The number of hydrogen-bond acceptors (Lipinski definition) is 1. The van der Waals surface area contributed by atoms with E-state index < -0.39 is 0 Å². The summed E-state index contributed by atoms with van der Waals surface area (Å²) < 4.78 is 0. The first-order valence-corrected chi connectivity index (χ1v) is 3.03. The lowest BCUT2D eigenvalue weighted by molar-refractivity contribution is 0.552. The molecule has 0 aliphatic carbocycles. The third kappa shape index (κ3) is 1.76. The first-order chi connectivity index (χ1) is 4.43. The van der Waals surface area contributed by atoms with Gasteiger partial charge in [0.15, 0.2) is 0 Å². The zero-order valence-electron chi connectivity index (χ0n) is 5.38. The predicted octanol–water partition coefficient (Wildman–Crippen LogP) is 1.71. The molecule has 0 bridgehead atoms. The van der Waals surface area contributed by atoms with Gasteiger partial charge in [-0.3, -0.25) is 0 Å². The molecule has 0 saturated heterocycles. The molecule has 0 amide bonds. The van der Waals surface area contributed by atoms with Gasteiger partial charge in [0.1, 0.15) is 0 Å². The summed E-state index contributed by atoms with van der Waals surface area (Å²) >= 11 is 0. The number of hydrogen-bond donors (Lipinski definition) is 0. The lowest BCUT2D eigenvalue weighted by atomic mass is 10.3. The smallest absolute Gasteiger partial charge is 0.0397 e. The molecule has 0 spiro atoms. The van der Waals surface area contributed by atoms with E-state index in [0.29, 0.717) is 0 Å². The van der Waals surface area contributed by atoms with Crippen molar-refractivity contribution in [3.8, 4) is 0 Å². The van der Waals surface area contributed by atoms with Gasteiger partial charge in [-0.05, 0) is 12.5 Å². The first kappa shape index (κ1) is 6.14. The van der Waals surface area contributed by atoms with Crippen molar-refractivity contribution in [1.82, 2.24) is 4.90 Å². The Balaban J connectivity index is 2.39. The van der Waals surface area contributed by atoms with E-state index in [1.54, 1.807) is 0 Å². The van der Waals surface area contributed by atoms with E-state index in [9.17, 15) is 0 Å². The number of allylic oxidation sites excluding steroid dienone is 2. The SMILES string of the molecule is C=CCN1C=[C]CC=C1. The fraction of sp³-hybridized carbons (Fsp3) is 0.250. The average Bonchev–Trinajstić information content (AvgIpc) is 1.91. The van der Waals surface area contributed by atoms with Gasteiger partial charge in [0, 0.05) is 18.9 Å². The van der Waals surface area contributed by atoms with Gasteiger partial charge in [-0.25, -0.2) is 0 Å². The molecule has 1 radical (unpaired) electrons. The molecule has 0 saturated carbocycles. The van der Waals surface area contributed by atoms with Crippen LogP contribution in [0.15, 0.2) is 31.1 Å². The van der Waals surface area contributed by atoms with Crippen LogP contribution in [0.3, 0.4) is 0 Å². The van der Waals surface area contributed by atoms with Gasteiger partial charge in [-0.15, -0.1) is 6.58 Å². The van der Waals surface area contributed by atoms with Gasteiger partial charge in [0.05, 0.1) is 0 Å². The number of rotatable bonds is 2. The minimum absolute atomic E-state index is 0.878. The quantitative estimate of drug-likeness (QED) is 0.501. The highest BCUT2D eigenvalue weighted by Crippen LogP contribution is 2.00. The lowest BCUT2D eigenvalue weighted by Crippen LogP contribution is -2.10. The minimum Gasteiger partial charge on any atom is -0.351 e. The van der Waals surface area contributed by atoms with E-state index in [4.69, 9.17) is 0 Å². The third-order valence-electron chi connectivity index (χ3n) is 1.13. The average molecular weight is 120 g/mol. The van der Waals surface area contributed by atoms with Crippen LogP contribution in [0, 0.1) is 6.08 Å². The fourth-order valence-electron chi connectivity index (χ4n) is 0.732. The maximum absolute atomic E-state index is 3.63. The Bertz CT molecular complexity index is 133. The zero-order chi connectivity index (χ0) is 6.53. The normalized spacial score (nSPS) is 16.2. The van der Waals surface area contributed by atoms with Crippen molar-refractivity contribution in [3.05, 3.63) is 37.2 Å². The molecule has 0 aromatic carbocycles. The second kappa shape index (κ2) is 3.13. The second-order valence-corrected chi connectivity index (χ2v) is 1.91. The molecule has 0 N–H and O–H groups in total. The first-order valence-electron chi connectivity index (χ1n) is 3.03. The highest BCUT2D eigenvalue weighted by Gasteiger charge is 1.91. The Morgan fingerprint density at radius 3 is 3.22 bits per heavy atom. The van der Waals surface area contributed by atoms with Crippen LogP contribution in [0.4, 0.5) is 0 Å². The Morgan fingerprint density at radius 2 is 2.67 bits per heavy atom. The molecule has 1 rings (SSSR count). The molecule has 1 nitrogen and oxygen atoms in total. The van der Waals surface area contributed by atoms with Gasteiger partial charge in [-0.2, -0.15) is 0 Å². The monoisotopic (exact) mass is 120 g/mol. The lowest BCUT2D eigenvalue weighted by Gasteiger charge is -2.14. The second-order valence-electron chi connectivity index (χ2n) is 1.91. The van der Waals surface area contributed by atoms with Crippen molar-refractivity contribution in [3.63, 3.8) is 0 Å². The van der Waals surface area contributed by atoms with Gasteiger partial charge < -0.3 is 4.90 Å². The number of nitrogens with zero attached hydrogens (tertiary/aromatic N) is 1. The Kier molecular flexibility index (Phi) is 2.13. The topological polar surface area (TPSA) is 3.24 Å². The van der Waals surface area contributed by atoms with Crippen LogP contribution in [0.5, 0.6) is 0 Å². The van der Waals surface area contributed by atoms with E-state index >= 15 is 0 Å². The zero-order valence-corrected chi connectivity index (χ0v) is 5.38. The van der Waals surface area contributed by atoms with Crippen molar-refractivity contribution < 1.29 is 0 Å². The van der Waals surface area contributed by atoms with E-state index in [0.717, 1.165) is 13.0 Å². The van der Waals surface area contributed by atoms with Crippen molar-refractivity contribution in [2.24, 2.45) is 0 Å². The molecule has 47 valence electrons. The summed E-state index contributed by atoms with van der Waals surface area (Å²) in [4.78, 5) is 2.04. The fourth-order valence-corrected chi connectivity index (χ4v) is 0.732. The standard InChI is InChI=1S/C8H10N/c1-2-6-9-7-4-3-5-8-9/h2,4,7-8H,1,3,6H2. The van der Waals surface area contributed by atoms with Crippen molar-refractivity contribution >= 4 is 0 Å². The molecular weight excluding hydrogens is 110 g/mol. The van der Waals surface area contributed by atoms with Gasteiger partial charge in [-0.1, -0.05) is 12.2 Å². The molecule has 1 heterocycles. The van der Waals surface area contributed by atoms with Crippen LogP contribution in [0.2, 0.25) is 0 Å². The van der Waals surface area contributed by atoms with E-state index in [-0.39, 0.29) is 0 Å². The van der Waals surface area contributed by atoms with Crippen LogP contribution in [0.1, 0.15) is 6.42 Å². The summed E-state index contributed by atoms with van der Waals surface area (Å²) in [5.74, 6) is 0. The highest BCUT2D eigenvalue weighted by atomic mass is 15.1. The molecule has 1 aliphatic rings. The van der Waals surface area contributed by atoms with Crippen LogP contribution >= 0.6 is 0 Å².